The topological polar surface area (TPSA) is 29.5 Å². The molecule has 0 spiro atoms. The molecule has 1 aromatic carbocycles. The van der Waals surface area contributed by atoms with E-state index in [1.165, 1.54) is 17.0 Å². The van der Waals surface area contributed by atoms with Gasteiger partial charge in [-0.15, -0.1) is 0 Å². The Morgan fingerprint density at radius 1 is 1.47 bits per heavy atom. The third kappa shape index (κ3) is 1.77. The van der Waals surface area contributed by atoms with Crippen LogP contribution < -0.4 is 4.74 Å². The zero-order valence-electron chi connectivity index (χ0n) is 8.04. The Balaban J connectivity index is 2.31. The van der Waals surface area contributed by atoms with Crippen LogP contribution in [0, 0.1) is 0 Å². The molecule has 0 saturated carbocycles. The first-order valence-corrected chi connectivity index (χ1v) is 4.41. The molecule has 1 aliphatic heterocycles. The van der Waals surface area contributed by atoms with Crippen molar-refractivity contribution in [2.45, 2.75) is 13.2 Å². The second-order valence-corrected chi connectivity index (χ2v) is 3.36. The number of carbonyl (C=O) groups is 1. The van der Waals surface area contributed by atoms with E-state index in [0.717, 1.165) is 5.56 Å². The summed E-state index contributed by atoms with van der Waals surface area (Å²) < 4.78 is 28.1. The van der Waals surface area contributed by atoms with E-state index in [1.54, 1.807) is 13.1 Å². The van der Waals surface area contributed by atoms with E-state index in [9.17, 15) is 13.6 Å². The fourth-order valence-corrected chi connectivity index (χ4v) is 1.60. The van der Waals surface area contributed by atoms with Crippen molar-refractivity contribution in [3.8, 4) is 5.75 Å². The number of benzene rings is 1. The van der Waals surface area contributed by atoms with Crippen LogP contribution in [0.5, 0.6) is 5.75 Å². The molecule has 0 bridgehead atoms. The van der Waals surface area contributed by atoms with E-state index in [1.807, 2.05) is 0 Å². The number of rotatable bonds is 2. The molecule has 1 heterocycles. The molecule has 0 fully saturated rings. The van der Waals surface area contributed by atoms with Crippen molar-refractivity contribution in [3.05, 3.63) is 29.3 Å². The van der Waals surface area contributed by atoms with Gasteiger partial charge in [-0.25, -0.2) is 0 Å². The van der Waals surface area contributed by atoms with Gasteiger partial charge in [-0.2, -0.15) is 8.78 Å². The quantitative estimate of drug-likeness (QED) is 0.750. The van der Waals surface area contributed by atoms with E-state index < -0.39 is 6.61 Å². The summed E-state index contributed by atoms with van der Waals surface area (Å²) in [4.78, 5) is 13.0. The van der Waals surface area contributed by atoms with Crippen molar-refractivity contribution in [3.63, 3.8) is 0 Å². The van der Waals surface area contributed by atoms with Crippen LogP contribution in [0.4, 0.5) is 8.78 Å². The largest absolute Gasteiger partial charge is 0.435 e. The third-order valence-corrected chi connectivity index (χ3v) is 2.29. The molecular weight excluding hydrogens is 204 g/mol. The molecule has 0 saturated heterocycles. The first kappa shape index (κ1) is 9.89. The highest BCUT2D eigenvalue weighted by atomic mass is 19.3. The molecule has 0 aromatic heterocycles. The monoisotopic (exact) mass is 213 g/mol. The minimum atomic E-state index is -2.86. The summed E-state index contributed by atoms with van der Waals surface area (Å²) in [5, 5.41) is 0. The molecule has 1 amide bonds. The number of alkyl halides is 2. The fourth-order valence-electron chi connectivity index (χ4n) is 1.60. The van der Waals surface area contributed by atoms with Crippen LogP contribution in [0.2, 0.25) is 0 Å². The molecule has 5 heteroatoms. The van der Waals surface area contributed by atoms with Crippen LogP contribution in [-0.4, -0.2) is 24.5 Å². The fraction of sp³-hybridized carbons (Fsp3) is 0.300. The maximum atomic E-state index is 11.9. The lowest BCUT2D eigenvalue weighted by molar-refractivity contribution is -0.0498. The molecule has 0 atom stereocenters. The highest BCUT2D eigenvalue weighted by Gasteiger charge is 2.24. The van der Waals surface area contributed by atoms with Crippen LogP contribution >= 0.6 is 0 Å². The maximum absolute atomic E-state index is 11.9. The molecule has 0 N–H and O–H groups in total. The first-order chi connectivity index (χ1) is 7.08. The molecule has 80 valence electrons. The normalized spacial score (nSPS) is 14.7. The van der Waals surface area contributed by atoms with Crippen LogP contribution in [0.25, 0.3) is 0 Å². The number of halogens is 2. The minimum Gasteiger partial charge on any atom is -0.435 e. The molecule has 0 aliphatic carbocycles. The lowest BCUT2D eigenvalue weighted by atomic mass is 10.1. The highest BCUT2D eigenvalue weighted by molar-refractivity contribution is 5.98. The zero-order chi connectivity index (χ0) is 11.0. The molecule has 15 heavy (non-hydrogen) atoms. The van der Waals surface area contributed by atoms with Gasteiger partial charge in [-0.3, -0.25) is 4.79 Å². The molecule has 1 aromatic rings. The highest BCUT2D eigenvalue weighted by Crippen LogP contribution is 2.26. The summed E-state index contributed by atoms with van der Waals surface area (Å²) in [5.74, 6) is -0.142. The Labute approximate surface area is 85.3 Å². The van der Waals surface area contributed by atoms with Crippen LogP contribution in [0.3, 0.4) is 0 Å². The van der Waals surface area contributed by atoms with Gasteiger partial charge < -0.3 is 9.64 Å². The standard InChI is InChI=1S/C10H9F2NO2/c1-13-5-6-2-3-7(15-10(11)12)4-8(6)9(13)14/h2-4,10H,5H2,1H3. The van der Waals surface area contributed by atoms with E-state index in [-0.39, 0.29) is 11.7 Å². The first-order valence-electron chi connectivity index (χ1n) is 4.41. The molecular formula is C10H9F2NO2. The Hall–Kier alpha value is -1.65. The molecule has 3 nitrogen and oxygen atoms in total. The van der Waals surface area contributed by atoms with Gasteiger partial charge in [0.15, 0.2) is 0 Å². The number of nitrogens with zero attached hydrogens (tertiary/aromatic N) is 1. The maximum Gasteiger partial charge on any atom is 0.387 e. The lowest BCUT2D eigenvalue weighted by Crippen LogP contribution is -2.17. The summed E-state index contributed by atoms with van der Waals surface area (Å²) in [6.07, 6.45) is 0. The minimum absolute atomic E-state index is 0.0207. The molecule has 1 aliphatic rings. The molecule has 0 radical (unpaired) electrons. The van der Waals surface area contributed by atoms with E-state index >= 15 is 0 Å². The Morgan fingerprint density at radius 3 is 2.87 bits per heavy atom. The van der Waals surface area contributed by atoms with Crippen molar-refractivity contribution in [2.75, 3.05) is 7.05 Å². The average Bonchev–Trinajstić information content (AvgIpc) is 2.43. The summed E-state index contributed by atoms with van der Waals surface area (Å²) in [5.41, 5.74) is 1.28. The van der Waals surface area contributed by atoms with Crippen LogP contribution in [0.1, 0.15) is 15.9 Å². The van der Waals surface area contributed by atoms with Crippen molar-refractivity contribution < 1.29 is 18.3 Å². The summed E-state index contributed by atoms with van der Waals surface area (Å²) in [6.45, 7) is -2.35. The zero-order valence-corrected chi connectivity index (χ0v) is 8.04. The molecule has 0 unspecified atom stereocenters. The second-order valence-electron chi connectivity index (χ2n) is 3.36. The van der Waals surface area contributed by atoms with Gasteiger partial charge in [0.05, 0.1) is 0 Å². The van der Waals surface area contributed by atoms with Crippen molar-refractivity contribution >= 4 is 5.91 Å². The number of hydrogen-bond acceptors (Lipinski definition) is 2. The lowest BCUT2D eigenvalue weighted by Gasteiger charge is -2.05. The number of fused-ring (bicyclic) bond motifs is 1. The summed E-state index contributed by atoms with van der Waals surface area (Å²) in [6, 6.07) is 4.43. The third-order valence-electron chi connectivity index (χ3n) is 2.29. The number of carbonyl (C=O) groups excluding carboxylic acids is 1. The van der Waals surface area contributed by atoms with Crippen LogP contribution in [0.15, 0.2) is 18.2 Å². The van der Waals surface area contributed by atoms with Gasteiger partial charge in [0.25, 0.3) is 5.91 Å². The average molecular weight is 213 g/mol. The summed E-state index contributed by atoms with van der Waals surface area (Å²) >= 11 is 0. The second kappa shape index (κ2) is 3.49. The van der Waals surface area contributed by atoms with Crippen molar-refractivity contribution in [1.29, 1.82) is 0 Å². The van der Waals surface area contributed by atoms with Crippen molar-refractivity contribution in [1.82, 2.24) is 4.90 Å². The van der Waals surface area contributed by atoms with Gasteiger partial charge in [0.1, 0.15) is 5.75 Å². The Morgan fingerprint density at radius 2 is 2.20 bits per heavy atom. The number of hydrogen-bond donors (Lipinski definition) is 0. The van der Waals surface area contributed by atoms with E-state index in [0.29, 0.717) is 12.1 Å². The Bertz CT molecular complexity index is 406. The van der Waals surface area contributed by atoms with Gasteiger partial charge in [0, 0.05) is 19.2 Å². The number of ether oxygens (including phenoxy) is 1. The predicted octanol–water partition coefficient (Wildman–Crippen LogP) is 1.87. The summed E-state index contributed by atoms with van der Waals surface area (Å²) in [7, 11) is 1.66. The molecule has 2 rings (SSSR count). The smallest absolute Gasteiger partial charge is 0.387 e. The van der Waals surface area contributed by atoms with Crippen LogP contribution in [-0.2, 0) is 6.54 Å². The van der Waals surface area contributed by atoms with Gasteiger partial charge in [0.2, 0.25) is 0 Å². The van der Waals surface area contributed by atoms with Crippen molar-refractivity contribution in [2.24, 2.45) is 0 Å². The van der Waals surface area contributed by atoms with E-state index in [4.69, 9.17) is 0 Å². The SMILES string of the molecule is CN1Cc2ccc(OC(F)F)cc2C1=O. The van der Waals surface area contributed by atoms with Gasteiger partial charge in [-0.05, 0) is 17.7 Å². The Kier molecular flexibility index (Phi) is 2.30. The van der Waals surface area contributed by atoms with Gasteiger partial charge in [-0.1, -0.05) is 6.07 Å². The number of amides is 1. The predicted molar refractivity (Wildman–Crippen MR) is 48.9 cm³/mol. The van der Waals surface area contributed by atoms with E-state index in [2.05, 4.69) is 4.74 Å². The van der Waals surface area contributed by atoms with Gasteiger partial charge >= 0.3 is 6.61 Å².